The summed E-state index contributed by atoms with van der Waals surface area (Å²) in [5, 5.41) is 0. The highest BCUT2D eigenvalue weighted by molar-refractivity contribution is 7.11. The number of hydrogen-bond acceptors (Lipinski definition) is 5. The average Bonchev–Trinajstić information content (AvgIpc) is 2.96. The normalized spacial score (nSPS) is 28.7. The monoisotopic (exact) mass is 362 g/mol. The maximum absolute atomic E-state index is 12.6. The van der Waals surface area contributed by atoms with Gasteiger partial charge in [0, 0.05) is 37.5 Å². The molecule has 0 unspecified atom stereocenters. The molecule has 0 bridgehead atoms. The molecule has 1 aromatic rings. The first-order valence-corrected chi connectivity index (χ1v) is 9.37. The van der Waals surface area contributed by atoms with Crippen molar-refractivity contribution in [1.82, 2.24) is 14.8 Å². The number of aromatic nitrogens is 1. The Morgan fingerprint density at radius 1 is 1.20 bits per heavy atom. The lowest BCUT2D eigenvalue weighted by Gasteiger charge is -2.50. The van der Waals surface area contributed by atoms with Crippen molar-refractivity contribution in [3.8, 4) is 0 Å². The topological polar surface area (TPSA) is 96.6 Å². The molecular weight excluding hydrogens is 340 g/mol. The van der Waals surface area contributed by atoms with Crippen LogP contribution >= 0.6 is 11.3 Å². The molecule has 1 spiro atoms. The van der Waals surface area contributed by atoms with Crippen LogP contribution in [-0.4, -0.2) is 58.7 Å². The molecule has 25 heavy (non-hydrogen) atoms. The lowest BCUT2D eigenvalue weighted by molar-refractivity contribution is -0.150. The predicted octanol–water partition coefficient (Wildman–Crippen LogP) is 0.575. The molecule has 7 nitrogen and oxygen atoms in total. The number of likely N-dealkylation sites (tertiary alicyclic amines) is 2. The van der Waals surface area contributed by atoms with E-state index in [1.54, 1.807) is 16.6 Å². The van der Waals surface area contributed by atoms with Crippen LogP contribution in [0.4, 0.5) is 0 Å². The van der Waals surface area contributed by atoms with Gasteiger partial charge in [0.05, 0.1) is 17.6 Å². The van der Waals surface area contributed by atoms with E-state index in [1.807, 2.05) is 4.90 Å². The fourth-order valence-corrected chi connectivity index (χ4v) is 4.88. The summed E-state index contributed by atoms with van der Waals surface area (Å²) >= 11 is 1.29. The minimum atomic E-state index is -0.402. The van der Waals surface area contributed by atoms with Gasteiger partial charge in [-0.2, -0.15) is 0 Å². The Balaban J connectivity index is 1.47. The Hall–Kier alpha value is -1.96. The van der Waals surface area contributed by atoms with Crippen LogP contribution in [0.25, 0.3) is 0 Å². The van der Waals surface area contributed by atoms with Crippen LogP contribution < -0.4 is 5.73 Å². The molecule has 0 aromatic carbocycles. The Kier molecular flexibility index (Phi) is 3.48. The molecule has 0 radical (unpaired) electrons. The van der Waals surface area contributed by atoms with E-state index in [0.29, 0.717) is 31.1 Å². The zero-order valence-corrected chi connectivity index (χ0v) is 15.2. The van der Waals surface area contributed by atoms with Crippen LogP contribution in [-0.2, 0) is 9.59 Å². The van der Waals surface area contributed by atoms with Crippen LogP contribution in [0.3, 0.4) is 0 Å². The zero-order chi connectivity index (χ0) is 18.0. The molecule has 1 saturated carbocycles. The number of primary amides is 1. The van der Waals surface area contributed by atoms with E-state index >= 15 is 0 Å². The van der Waals surface area contributed by atoms with Gasteiger partial charge in [0.1, 0.15) is 4.88 Å². The molecule has 134 valence electrons. The average molecular weight is 362 g/mol. The summed E-state index contributed by atoms with van der Waals surface area (Å²) in [5.74, 6) is -0.642. The molecule has 3 heterocycles. The molecule has 1 aliphatic carbocycles. The first-order valence-electron chi connectivity index (χ1n) is 8.49. The van der Waals surface area contributed by atoms with E-state index in [1.165, 1.54) is 11.3 Å². The van der Waals surface area contributed by atoms with Gasteiger partial charge in [-0.05, 0) is 11.8 Å². The standard InChI is InChI=1S/C17H22N4O3S/c1-16(2)3-10(16)14(23)21-7-17(8-21)6-20(5-11(17)13(18)22)15(24)12-4-19-9-25-12/h4,9-11H,3,5-8H2,1-2H3,(H2,18,22)/t10-,11+/m1/s1. The fraction of sp³-hybridized carbons (Fsp3) is 0.647. The van der Waals surface area contributed by atoms with Crippen molar-refractivity contribution >= 4 is 29.1 Å². The molecule has 2 atom stereocenters. The van der Waals surface area contributed by atoms with Crippen LogP contribution in [0, 0.1) is 22.7 Å². The van der Waals surface area contributed by atoms with E-state index in [4.69, 9.17) is 5.73 Å². The molecule has 3 amide bonds. The van der Waals surface area contributed by atoms with Crippen molar-refractivity contribution < 1.29 is 14.4 Å². The maximum Gasteiger partial charge on any atom is 0.265 e. The van der Waals surface area contributed by atoms with Gasteiger partial charge in [-0.15, -0.1) is 11.3 Å². The van der Waals surface area contributed by atoms with Crippen molar-refractivity contribution in [3.63, 3.8) is 0 Å². The molecule has 3 aliphatic rings. The van der Waals surface area contributed by atoms with Gasteiger partial charge in [-0.1, -0.05) is 13.8 Å². The maximum atomic E-state index is 12.6. The second-order valence-corrected chi connectivity index (χ2v) is 9.19. The van der Waals surface area contributed by atoms with Gasteiger partial charge in [0.25, 0.3) is 5.91 Å². The van der Waals surface area contributed by atoms with Crippen LogP contribution in [0.2, 0.25) is 0 Å². The van der Waals surface area contributed by atoms with E-state index in [2.05, 4.69) is 18.8 Å². The number of thiazole rings is 1. The van der Waals surface area contributed by atoms with Crippen molar-refractivity contribution in [2.75, 3.05) is 26.2 Å². The van der Waals surface area contributed by atoms with Crippen molar-refractivity contribution in [1.29, 1.82) is 0 Å². The molecular formula is C17H22N4O3S. The molecule has 2 aliphatic heterocycles. The van der Waals surface area contributed by atoms with E-state index in [0.717, 1.165) is 6.42 Å². The molecule has 8 heteroatoms. The number of carbonyl (C=O) groups is 3. The molecule has 2 N–H and O–H groups in total. The summed E-state index contributed by atoms with van der Waals surface area (Å²) in [4.78, 5) is 45.1. The van der Waals surface area contributed by atoms with Gasteiger partial charge in [-0.3, -0.25) is 19.4 Å². The van der Waals surface area contributed by atoms with E-state index in [-0.39, 0.29) is 28.6 Å². The van der Waals surface area contributed by atoms with Gasteiger partial charge in [0.2, 0.25) is 11.8 Å². The SMILES string of the molecule is CC1(C)C[C@@H]1C(=O)N1CC2(CN(C(=O)c3cncs3)C[C@H]2C(N)=O)C1. The third-order valence-electron chi connectivity index (χ3n) is 6.06. The largest absolute Gasteiger partial charge is 0.369 e. The van der Waals surface area contributed by atoms with E-state index < -0.39 is 11.8 Å². The smallest absolute Gasteiger partial charge is 0.265 e. The third kappa shape index (κ3) is 2.54. The predicted molar refractivity (Wildman–Crippen MR) is 91.6 cm³/mol. The number of nitrogens with zero attached hydrogens (tertiary/aromatic N) is 3. The molecule has 3 fully saturated rings. The summed E-state index contributed by atoms with van der Waals surface area (Å²) in [6, 6.07) is 0. The van der Waals surface area contributed by atoms with Crippen molar-refractivity contribution in [2.45, 2.75) is 20.3 Å². The number of rotatable bonds is 3. The summed E-state index contributed by atoms with van der Waals surface area (Å²) in [5.41, 5.74) is 6.93. The minimum Gasteiger partial charge on any atom is -0.369 e. The Labute approximate surface area is 150 Å². The Morgan fingerprint density at radius 2 is 1.84 bits per heavy atom. The molecule has 4 rings (SSSR count). The van der Waals surface area contributed by atoms with Crippen molar-refractivity contribution in [3.05, 3.63) is 16.6 Å². The lowest BCUT2D eigenvalue weighted by atomic mass is 9.71. The van der Waals surface area contributed by atoms with Crippen LogP contribution in [0.1, 0.15) is 29.9 Å². The van der Waals surface area contributed by atoms with E-state index in [9.17, 15) is 14.4 Å². The zero-order valence-electron chi connectivity index (χ0n) is 14.4. The van der Waals surface area contributed by atoms with Crippen molar-refractivity contribution in [2.24, 2.45) is 28.4 Å². The summed E-state index contributed by atoms with van der Waals surface area (Å²) in [7, 11) is 0. The second-order valence-electron chi connectivity index (χ2n) is 8.31. The highest BCUT2D eigenvalue weighted by atomic mass is 32.1. The van der Waals surface area contributed by atoms with Crippen LogP contribution in [0.5, 0.6) is 0 Å². The quantitative estimate of drug-likeness (QED) is 0.850. The Bertz CT molecular complexity index is 739. The van der Waals surface area contributed by atoms with Crippen LogP contribution in [0.15, 0.2) is 11.7 Å². The summed E-state index contributed by atoms with van der Waals surface area (Å²) in [6.45, 7) is 6.01. The number of nitrogens with two attached hydrogens (primary N) is 1. The first kappa shape index (κ1) is 16.5. The lowest BCUT2D eigenvalue weighted by Crippen LogP contribution is -2.64. The minimum absolute atomic E-state index is 0.0901. The molecule has 2 saturated heterocycles. The van der Waals surface area contributed by atoms with Gasteiger partial charge >= 0.3 is 0 Å². The Morgan fingerprint density at radius 3 is 2.36 bits per heavy atom. The number of amides is 3. The second kappa shape index (κ2) is 5.27. The molecule has 1 aromatic heterocycles. The first-order chi connectivity index (χ1) is 11.7. The number of hydrogen-bond donors (Lipinski definition) is 1. The van der Waals surface area contributed by atoms with Gasteiger partial charge in [-0.25, -0.2) is 0 Å². The fourth-order valence-electron chi connectivity index (χ4n) is 4.29. The number of carbonyl (C=O) groups excluding carboxylic acids is 3. The van der Waals surface area contributed by atoms with Gasteiger partial charge in [0.15, 0.2) is 0 Å². The highest BCUT2D eigenvalue weighted by Gasteiger charge is 2.61. The third-order valence-corrected chi connectivity index (χ3v) is 6.82. The summed E-state index contributed by atoms with van der Waals surface area (Å²) < 4.78 is 0. The summed E-state index contributed by atoms with van der Waals surface area (Å²) in [6.07, 6.45) is 2.47. The highest BCUT2D eigenvalue weighted by Crippen LogP contribution is 2.54. The van der Waals surface area contributed by atoms with Gasteiger partial charge < -0.3 is 15.5 Å².